The quantitative estimate of drug-likeness (QED) is 0.228. The number of ether oxygens (including phenoxy) is 2. The maximum absolute atomic E-state index is 13.2. The fourth-order valence-electron chi connectivity index (χ4n) is 4.38. The lowest BCUT2D eigenvalue weighted by Gasteiger charge is -2.25. The molecule has 6 nitrogen and oxygen atoms in total. The summed E-state index contributed by atoms with van der Waals surface area (Å²) in [6, 6.07) is 28.9. The van der Waals surface area contributed by atoms with Gasteiger partial charge in [0.05, 0.1) is 30.1 Å². The van der Waals surface area contributed by atoms with E-state index in [1.54, 1.807) is 30.3 Å². The first kappa shape index (κ1) is 28.6. The van der Waals surface area contributed by atoms with Crippen LogP contribution in [0.5, 0.6) is 11.5 Å². The summed E-state index contributed by atoms with van der Waals surface area (Å²) in [5.41, 5.74) is 2.91. The van der Waals surface area contributed by atoms with Crippen LogP contribution in [0.15, 0.2) is 107 Å². The molecule has 0 radical (unpaired) electrons. The highest BCUT2D eigenvalue weighted by atomic mass is 35.5. The average molecular weight is 566 g/mol. The van der Waals surface area contributed by atoms with Crippen LogP contribution in [0, 0.1) is 0 Å². The van der Waals surface area contributed by atoms with Gasteiger partial charge in [0.1, 0.15) is 0 Å². The van der Waals surface area contributed by atoms with Crippen LogP contribution in [-0.4, -0.2) is 45.7 Å². The minimum Gasteiger partial charge on any atom is -0.493 e. The Balaban J connectivity index is 1.47. The van der Waals surface area contributed by atoms with Crippen LogP contribution in [0.3, 0.4) is 0 Å². The van der Waals surface area contributed by atoms with E-state index < -0.39 is 15.9 Å². The van der Waals surface area contributed by atoms with Gasteiger partial charge in [0.25, 0.3) is 0 Å². The van der Waals surface area contributed by atoms with Gasteiger partial charge in [0, 0.05) is 30.7 Å². The van der Waals surface area contributed by atoms with Crippen LogP contribution in [-0.2, 0) is 22.8 Å². The van der Waals surface area contributed by atoms with Crippen molar-refractivity contribution in [3.8, 4) is 11.5 Å². The van der Waals surface area contributed by atoms with Crippen molar-refractivity contribution in [3.05, 3.63) is 119 Å². The zero-order valence-electron chi connectivity index (χ0n) is 22.0. The van der Waals surface area contributed by atoms with Crippen LogP contribution in [0.2, 0.25) is 5.02 Å². The van der Waals surface area contributed by atoms with Gasteiger partial charge in [-0.3, -0.25) is 4.90 Å². The van der Waals surface area contributed by atoms with Crippen molar-refractivity contribution in [2.24, 2.45) is 0 Å². The van der Waals surface area contributed by atoms with Crippen LogP contribution >= 0.6 is 11.6 Å². The molecule has 0 heterocycles. The van der Waals surface area contributed by atoms with Crippen molar-refractivity contribution in [2.75, 3.05) is 27.3 Å². The van der Waals surface area contributed by atoms with Crippen molar-refractivity contribution in [3.63, 3.8) is 0 Å². The van der Waals surface area contributed by atoms with Crippen LogP contribution < -0.4 is 9.47 Å². The highest BCUT2D eigenvalue weighted by molar-refractivity contribution is 7.91. The molecule has 4 aromatic carbocycles. The zero-order valence-corrected chi connectivity index (χ0v) is 23.5. The monoisotopic (exact) mass is 565 g/mol. The number of benzene rings is 4. The number of methoxy groups -OCH3 is 2. The second-order valence-electron chi connectivity index (χ2n) is 9.21. The molecular formula is C31H32ClNO5S. The van der Waals surface area contributed by atoms with E-state index in [-0.39, 0.29) is 9.79 Å². The van der Waals surface area contributed by atoms with Gasteiger partial charge in [-0.2, -0.15) is 0 Å². The second-order valence-corrected chi connectivity index (χ2v) is 11.6. The Kier molecular flexibility index (Phi) is 9.64. The van der Waals surface area contributed by atoms with Crippen LogP contribution in [0.4, 0.5) is 0 Å². The molecule has 0 aromatic heterocycles. The van der Waals surface area contributed by atoms with Gasteiger partial charge in [-0.05, 0) is 59.5 Å². The Hall–Kier alpha value is -3.36. The zero-order chi connectivity index (χ0) is 27.8. The summed E-state index contributed by atoms with van der Waals surface area (Å²) in [5.74, 6) is 0.820. The van der Waals surface area contributed by atoms with Crippen molar-refractivity contribution in [1.29, 1.82) is 0 Å². The molecule has 39 heavy (non-hydrogen) atoms. The number of hydrogen-bond donors (Lipinski definition) is 1. The first-order chi connectivity index (χ1) is 18.8. The Morgan fingerprint density at radius 1 is 0.795 bits per heavy atom. The molecule has 1 atom stereocenters. The maximum atomic E-state index is 13.2. The van der Waals surface area contributed by atoms with E-state index in [9.17, 15) is 13.5 Å². The molecule has 0 spiro atoms. The number of sulfone groups is 1. The van der Waals surface area contributed by atoms with Crippen LogP contribution in [0.1, 0.15) is 22.8 Å². The predicted molar refractivity (Wildman–Crippen MR) is 153 cm³/mol. The van der Waals surface area contributed by atoms with E-state index >= 15 is 0 Å². The van der Waals surface area contributed by atoms with Gasteiger partial charge >= 0.3 is 0 Å². The smallest absolute Gasteiger partial charge is 0.206 e. The van der Waals surface area contributed by atoms with E-state index in [2.05, 4.69) is 17.0 Å². The summed E-state index contributed by atoms with van der Waals surface area (Å²) in [4.78, 5) is 2.53. The van der Waals surface area contributed by atoms with Crippen molar-refractivity contribution >= 4 is 21.4 Å². The predicted octanol–water partition coefficient (Wildman–Crippen LogP) is 5.97. The molecule has 0 aliphatic heterocycles. The van der Waals surface area contributed by atoms with Gasteiger partial charge in [0.2, 0.25) is 9.84 Å². The highest BCUT2D eigenvalue weighted by Crippen LogP contribution is 2.32. The summed E-state index contributed by atoms with van der Waals surface area (Å²) >= 11 is 6.13. The fraction of sp³-hybridized carbons (Fsp3) is 0.226. The van der Waals surface area contributed by atoms with E-state index in [1.165, 1.54) is 26.4 Å². The second kappa shape index (κ2) is 13.1. The third kappa shape index (κ3) is 7.40. The third-order valence-electron chi connectivity index (χ3n) is 6.53. The number of halogens is 1. The molecule has 0 aliphatic rings. The first-order valence-corrected chi connectivity index (χ1v) is 14.4. The largest absolute Gasteiger partial charge is 0.493 e. The lowest BCUT2D eigenvalue weighted by Crippen LogP contribution is -2.30. The molecule has 8 heteroatoms. The molecule has 0 unspecified atom stereocenters. The summed E-state index contributed by atoms with van der Waals surface area (Å²) < 4.78 is 36.9. The summed E-state index contributed by atoms with van der Waals surface area (Å²) in [6.07, 6.45) is -0.00683. The molecule has 0 amide bonds. The lowest BCUT2D eigenvalue weighted by molar-refractivity contribution is 0.109. The summed E-state index contributed by atoms with van der Waals surface area (Å²) in [7, 11) is -0.751. The van der Waals surface area contributed by atoms with E-state index in [0.29, 0.717) is 42.6 Å². The van der Waals surface area contributed by atoms with Crippen molar-refractivity contribution in [2.45, 2.75) is 28.9 Å². The molecular weight excluding hydrogens is 534 g/mol. The van der Waals surface area contributed by atoms with Gasteiger partial charge in [-0.15, -0.1) is 0 Å². The number of aliphatic hydroxyl groups excluding tert-OH is 1. The molecule has 0 saturated heterocycles. The number of aliphatic hydroxyl groups is 1. The molecule has 0 saturated carbocycles. The molecule has 0 bridgehead atoms. The minimum atomic E-state index is -3.73. The summed E-state index contributed by atoms with van der Waals surface area (Å²) in [5, 5.41) is 11.5. The normalized spacial score (nSPS) is 12.3. The Bertz CT molecular complexity index is 1480. The van der Waals surface area contributed by atoms with Crippen LogP contribution in [0.25, 0.3) is 0 Å². The molecule has 204 valence electrons. The van der Waals surface area contributed by atoms with Crippen molar-refractivity contribution in [1.82, 2.24) is 4.90 Å². The number of nitrogens with zero attached hydrogens (tertiary/aromatic N) is 1. The van der Waals surface area contributed by atoms with E-state index in [1.807, 2.05) is 42.5 Å². The maximum Gasteiger partial charge on any atom is 0.206 e. The Morgan fingerprint density at radius 3 is 2.15 bits per heavy atom. The lowest BCUT2D eigenvalue weighted by atomic mass is 10.1. The van der Waals surface area contributed by atoms with E-state index in [4.69, 9.17) is 21.1 Å². The first-order valence-electron chi connectivity index (χ1n) is 12.6. The van der Waals surface area contributed by atoms with Gasteiger partial charge in [-0.1, -0.05) is 66.2 Å². The Labute approximate surface area is 235 Å². The Morgan fingerprint density at radius 2 is 1.49 bits per heavy atom. The minimum absolute atomic E-state index is 0.136. The SMILES string of the molecule is COc1ccc(S(=O)(=O)c2ccc(CCN(Cc3ccccc3)C[C@H](O)c3cccc(Cl)c3)cc2)cc1OC. The molecule has 4 aromatic rings. The molecule has 1 N–H and O–H groups in total. The van der Waals surface area contributed by atoms with Crippen molar-refractivity contribution < 1.29 is 23.0 Å². The van der Waals surface area contributed by atoms with Gasteiger partial charge in [0.15, 0.2) is 11.5 Å². The fourth-order valence-corrected chi connectivity index (χ4v) is 5.86. The molecule has 0 fully saturated rings. The van der Waals surface area contributed by atoms with Gasteiger partial charge < -0.3 is 14.6 Å². The van der Waals surface area contributed by atoms with Gasteiger partial charge in [-0.25, -0.2) is 8.42 Å². The summed E-state index contributed by atoms with van der Waals surface area (Å²) in [6.45, 7) is 1.78. The molecule has 0 aliphatic carbocycles. The highest BCUT2D eigenvalue weighted by Gasteiger charge is 2.20. The molecule has 4 rings (SSSR count). The topological polar surface area (TPSA) is 76.1 Å². The number of rotatable bonds is 12. The van der Waals surface area contributed by atoms with E-state index in [0.717, 1.165) is 16.7 Å². The third-order valence-corrected chi connectivity index (χ3v) is 8.53. The number of hydrogen-bond acceptors (Lipinski definition) is 6. The average Bonchev–Trinajstić information content (AvgIpc) is 2.96. The standard InChI is InChI=1S/C31H32ClNO5S/c1-37-30-16-15-28(20-31(30)38-2)39(35,36)27-13-11-23(12-14-27)17-18-33(21-24-7-4-3-5-8-24)22-29(34)25-9-6-10-26(32)19-25/h3-16,19-20,29,34H,17-18,21-22H2,1-2H3/t29-/m0/s1.